The third kappa shape index (κ3) is 4.96. The van der Waals surface area contributed by atoms with Gasteiger partial charge in [-0.15, -0.1) is 0 Å². The van der Waals surface area contributed by atoms with Crippen LogP contribution in [0.1, 0.15) is 61.0 Å². The quantitative estimate of drug-likeness (QED) is 0.555. The van der Waals surface area contributed by atoms with Gasteiger partial charge >= 0.3 is 7.12 Å². The number of hydrogen-bond donors (Lipinski definition) is 2. The van der Waals surface area contributed by atoms with Crippen molar-refractivity contribution in [2.24, 2.45) is 0 Å². The maximum absolute atomic E-state index is 10.4. The topological polar surface area (TPSA) is 95.6 Å². The van der Waals surface area contributed by atoms with Crippen molar-refractivity contribution < 1.29 is 19.5 Å². The van der Waals surface area contributed by atoms with Crippen LogP contribution in [0.3, 0.4) is 0 Å². The second kappa shape index (κ2) is 7.45. The molecule has 6 nitrogen and oxygen atoms in total. The summed E-state index contributed by atoms with van der Waals surface area (Å²) >= 11 is 6.05. The van der Waals surface area contributed by atoms with Crippen LogP contribution < -0.4 is 5.46 Å². The maximum Gasteiger partial charge on any atom is 0.496 e. The molecule has 0 aliphatic carbocycles. The highest BCUT2D eigenvalue weighted by atomic mass is 35.5. The van der Waals surface area contributed by atoms with Gasteiger partial charge in [0.1, 0.15) is 11.2 Å². The molecule has 0 bridgehead atoms. The Kier molecular flexibility index (Phi) is 6.56. The molecule has 1 heterocycles. The first-order chi connectivity index (χ1) is 11.5. The van der Waals surface area contributed by atoms with E-state index in [1.54, 1.807) is 61.5 Å². The molecule has 0 saturated heterocycles. The Labute approximate surface area is 161 Å². The van der Waals surface area contributed by atoms with Gasteiger partial charge in [0.15, 0.2) is 0 Å². The average molecular weight is 383 g/mol. The van der Waals surface area contributed by atoms with Gasteiger partial charge in [-0.3, -0.25) is 0 Å². The molecule has 0 radical (unpaired) electrons. The molecule has 1 aromatic heterocycles. The van der Waals surface area contributed by atoms with E-state index in [1.807, 2.05) is 6.07 Å². The summed E-state index contributed by atoms with van der Waals surface area (Å²) in [7, 11) is -1.06. The van der Waals surface area contributed by atoms with E-state index in [0.29, 0.717) is 5.46 Å². The van der Waals surface area contributed by atoms with Gasteiger partial charge < -0.3 is 19.5 Å². The van der Waals surface area contributed by atoms with E-state index in [-0.39, 0.29) is 10.7 Å². The third-order valence-corrected chi connectivity index (χ3v) is 5.34. The summed E-state index contributed by atoms with van der Waals surface area (Å²) in [5.41, 5.74) is -3.96. The fourth-order valence-corrected chi connectivity index (χ4v) is 1.94. The van der Waals surface area contributed by atoms with Crippen LogP contribution in [0.2, 0.25) is 5.15 Å². The van der Waals surface area contributed by atoms with E-state index in [2.05, 4.69) is 4.98 Å². The third-order valence-electron chi connectivity index (χ3n) is 5.05. The van der Waals surface area contributed by atoms with Gasteiger partial charge in [-0.05, 0) is 61.5 Å². The molecule has 8 heteroatoms. The summed E-state index contributed by atoms with van der Waals surface area (Å²) in [4.78, 5) is 3.92. The standard InChI is InChI=1S/C18H28BClN2O4/c1-15(2,23)17(5,6)25-19(26-18(7,8)16(3,4)24)13-9-10-22-14(20)12(13)11-21/h9-10,23-24H,1-8H3. The fourth-order valence-electron chi connectivity index (χ4n) is 1.73. The van der Waals surface area contributed by atoms with Crippen LogP contribution in [-0.2, 0) is 9.31 Å². The molecule has 0 amide bonds. The number of aliphatic hydroxyl groups is 2. The van der Waals surface area contributed by atoms with Crippen molar-refractivity contribution in [3.8, 4) is 6.07 Å². The lowest BCUT2D eigenvalue weighted by atomic mass is 9.72. The van der Waals surface area contributed by atoms with Crippen molar-refractivity contribution in [2.75, 3.05) is 0 Å². The van der Waals surface area contributed by atoms with Crippen molar-refractivity contribution in [2.45, 2.75) is 77.8 Å². The lowest BCUT2D eigenvalue weighted by Gasteiger charge is -2.43. The highest BCUT2D eigenvalue weighted by Gasteiger charge is 2.46. The van der Waals surface area contributed by atoms with Crippen LogP contribution >= 0.6 is 11.6 Å². The molecule has 26 heavy (non-hydrogen) atoms. The van der Waals surface area contributed by atoms with Crippen LogP contribution in [0.15, 0.2) is 12.3 Å². The first-order valence-corrected chi connectivity index (χ1v) is 8.76. The number of pyridine rings is 1. The molecule has 2 N–H and O–H groups in total. The van der Waals surface area contributed by atoms with Crippen LogP contribution in [-0.4, -0.2) is 44.7 Å². The second-order valence-corrected chi connectivity index (χ2v) is 8.74. The Balaban J connectivity index is 3.46. The van der Waals surface area contributed by atoms with Crippen LogP contribution in [0.5, 0.6) is 0 Å². The van der Waals surface area contributed by atoms with Crippen molar-refractivity contribution in [1.29, 1.82) is 5.26 Å². The van der Waals surface area contributed by atoms with E-state index in [0.717, 1.165) is 0 Å². The molecule has 0 fully saturated rings. The largest absolute Gasteiger partial charge is 0.496 e. The minimum atomic E-state index is -1.20. The van der Waals surface area contributed by atoms with Gasteiger partial charge in [-0.25, -0.2) is 4.98 Å². The monoisotopic (exact) mass is 382 g/mol. The smallest absolute Gasteiger partial charge is 0.399 e. The van der Waals surface area contributed by atoms with Crippen LogP contribution in [0, 0.1) is 11.3 Å². The molecule has 0 unspecified atom stereocenters. The van der Waals surface area contributed by atoms with E-state index in [1.165, 1.54) is 6.20 Å². The minimum absolute atomic E-state index is 0.0318. The zero-order chi connectivity index (χ0) is 20.6. The summed E-state index contributed by atoms with van der Waals surface area (Å²) in [5, 5.41) is 30.4. The molecule has 0 aliphatic heterocycles. The first kappa shape index (κ1) is 22.9. The predicted molar refractivity (Wildman–Crippen MR) is 102 cm³/mol. The van der Waals surface area contributed by atoms with Gasteiger partial charge in [-0.2, -0.15) is 5.26 Å². The van der Waals surface area contributed by atoms with Gasteiger partial charge in [-0.1, -0.05) is 11.6 Å². The van der Waals surface area contributed by atoms with Crippen LogP contribution in [0.4, 0.5) is 0 Å². The van der Waals surface area contributed by atoms with Crippen molar-refractivity contribution >= 4 is 24.2 Å². The SMILES string of the molecule is CC(C)(O)C(C)(C)OB(OC(C)(C)C(C)(C)O)c1ccnc(Cl)c1C#N. The van der Waals surface area contributed by atoms with Crippen LogP contribution in [0.25, 0.3) is 0 Å². The molecule has 0 atom stereocenters. The van der Waals surface area contributed by atoms with E-state index in [9.17, 15) is 15.5 Å². The maximum atomic E-state index is 10.4. The average Bonchev–Trinajstić information content (AvgIpc) is 2.43. The van der Waals surface area contributed by atoms with Gasteiger partial charge in [0.25, 0.3) is 0 Å². The predicted octanol–water partition coefficient (Wildman–Crippen LogP) is 2.43. The summed E-state index contributed by atoms with van der Waals surface area (Å²) in [6.45, 7) is 13.4. The van der Waals surface area contributed by atoms with Gasteiger partial charge in [0.05, 0.1) is 28.0 Å². The normalized spacial score (nSPS) is 13.5. The number of rotatable bonds is 7. The summed E-state index contributed by atoms with van der Waals surface area (Å²) in [6.07, 6.45) is 1.45. The Morgan fingerprint density at radius 2 is 1.42 bits per heavy atom. The lowest BCUT2D eigenvalue weighted by molar-refractivity contribution is -0.132. The number of nitrogens with zero attached hydrogens (tertiary/aromatic N) is 2. The van der Waals surface area contributed by atoms with E-state index >= 15 is 0 Å². The zero-order valence-corrected chi connectivity index (χ0v) is 17.5. The molecular weight excluding hydrogens is 354 g/mol. The fraction of sp³-hybridized carbons (Fsp3) is 0.667. The number of aromatic nitrogens is 1. The summed E-state index contributed by atoms with van der Waals surface area (Å²) in [5.74, 6) is 0. The highest BCUT2D eigenvalue weighted by Crippen LogP contribution is 2.30. The summed E-state index contributed by atoms with van der Waals surface area (Å²) in [6, 6.07) is 3.59. The zero-order valence-electron chi connectivity index (χ0n) is 16.7. The summed E-state index contributed by atoms with van der Waals surface area (Å²) < 4.78 is 12.2. The molecule has 0 saturated carbocycles. The number of hydrogen-bond acceptors (Lipinski definition) is 6. The van der Waals surface area contributed by atoms with Crippen molar-refractivity contribution in [1.82, 2.24) is 4.98 Å². The first-order valence-electron chi connectivity index (χ1n) is 8.38. The Hall–Kier alpha value is -1.17. The van der Waals surface area contributed by atoms with E-state index < -0.39 is 29.5 Å². The van der Waals surface area contributed by atoms with Crippen molar-refractivity contribution in [3.63, 3.8) is 0 Å². The second-order valence-electron chi connectivity index (χ2n) is 8.38. The molecule has 0 spiro atoms. The molecule has 1 rings (SSSR count). The molecule has 0 aliphatic rings. The number of halogens is 1. The lowest BCUT2D eigenvalue weighted by Crippen LogP contribution is -2.59. The minimum Gasteiger partial charge on any atom is -0.399 e. The Morgan fingerprint density at radius 3 is 1.77 bits per heavy atom. The van der Waals surface area contributed by atoms with E-state index in [4.69, 9.17) is 20.9 Å². The molecular formula is C18H28BClN2O4. The van der Waals surface area contributed by atoms with Crippen molar-refractivity contribution in [3.05, 3.63) is 23.0 Å². The Morgan fingerprint density at radius 1 is 1.00 bits per heavy atom. The molecule has 1 aromatic rings. The molecule has 144 valence electrons. The van der Waals surface area contributed by atoms with Gasteiger partial charge in [0.2, 0.25) is 0 Å². The number of nitriles is 1. The Bertz CT molecular complexity index is 660. The van der Waals surface area contributed by atoms with Gasteiger partial charge in [0, 0.05) is 11.7 Å². The highest BCUT2D eigenvalue weighted by molar-refractivity contribution is 6.62. The molecule has 0 aromatic carbocycles.